The number of hydrogen-bond donors (Lipinski definition) is 1. The molecule has 0 spiro atoms. The van der Waals surface area contributed by atoms with Crippen LogP contribution in [0.3, 0.4) is 0 Å². The fourth-order valence-corrected chi connectivity index (χ4v) is 2.45. The van der Waals surface area contributed by atoms with E-state index in [0.717, 1.165) is 19.4 Å². The number of para-hydroxylation sites is 1. The van der Waals surface area contributed by atoms with Crippen LogP contribution < -0.4 is 10.9 Å². The Morgan fingerprint density at radius 1 is 1.28 bits per heavy atom. The van der Waals surface area contributed by atoms with Gasteiger partial charge in [-0.05, 0) is 18.6 Å². The quantitative estimate of drug-likeness (QED) is 0.779. The average molecular weight is 344 g/mol. The SMILES string of the molecule is CCCCN(C)C(=O)CCNC(=O)Cn1cnc2ccccc2c1=O. The summed E-state index contributed by atoms with van der Waals surface area (Å²) in [5.74, 6) is -0.318. The number of fused-ring (bicyclic) bond motifs is 1. The summed E-state index contributed by atoms with van der Waals surface area (Å²) in [5.41, 5.74) is 0.348. The molecule has 0 saturated heterocycles. The summed E-state index contributed by atoms with van der Waals surface area (Å²) in [5, 5.41) is 3.15. The number of aromatic nitrogens is 2. The molecule has 2 aromatic rings. The molecule has 0 fully saturated rings. The van der Waals surface area contributed by atoms with Crippen LogP contribution >= 0.6 is 0 Å². The van der Waals surface area contributed by atoms with E-state index in [1.165, 1.54) is 10.9 Å². The van der Waals surface area contributed by atoms with E-state index in [1.807, 2.05) is 0 Å². The lowest BCUT2D eigenvalue weighted by molar-refractivity contribution is -0.130. The Kier molecular flexibility index (Phi) is 6.68. The molecule has 0 unspecified atom stereocenters. The zero-order valence-corrected chi connectivity index (χ0v) is 14.7. The maximum absolute atomic E-state index is 12.3. The number of carbonyl (C=O) groups excluding carboxylic acids is 2. The molecule has 1 heterocycles. The minimum atomic E-state index is -0.316. The molecule has 1 N–H and O–H groups in total. The predicted octanol–water partition coefficient (Wildman–Crippen LogP) is 1.16. The largest absolute Gasteiger partial charge is 0.354 e. The van der Waals surface area contributed by atoms with E-state index in [4.69, 9.17) is 0 Å². The second-order valence-corrected chi connectivity index (χ2v) is 5.96. The summed E-state index contributed by atoms with van der Waals surface area (Å²) >= 11 is 0. The van der Waals surface area contributed by atoms with Gasteiger partial charge in [-0.1, -0.05) is 25.5 Å². The first kappa shape index (κ1) is 18.6. The van der Waals surface area contributed by atoms with Gasteiger partial charge >= 0.3 is 0 Å². The van der Waals surface area contributed by atoms with Gasteiger partial charge in [0, 0.05) is 26.6 Å². The highest BCUT2D eigenvalue weighted by Crippen LogP contribution is 2.04. The predicted molar refractivity (Wildman–Crippen MR) is 96.2 cm³/mol. The molecule has 25 heavy (non-hydrogen) atoms. The third-order valence-corrected chi connectivity index (χ3v) is 3.98. The van der Waals surface area contributed by atoms with Crippen LogP contribution in [0, 0.1) is 0 Å². The van der Waals surface area contributed by atoms with Crippen molar-refractivity contribution in [1.82, 2.24) is 19.8 Å². The molecule has 0 aliphatic heterocycles. The number of unbranched alkanes of at least 4 members (excludes halogenated alkanes) is 1. The maximum Gasteiger partial charge on any atom is 0.261 e. The lowest BCUT2D eigenvalue weighted by Gasteiger charge is -2.16. The first-order valence-corrected chi connectivity index (χ1v) is 8.47. The highest BCUT2D eigenvalue weighted by molar-refractivity contribution is 5.80. The zero-order valence-electron chi connectivity index (χ0n) is 14.7. The summed E-state index contributed by atoms with van der Waals surface area (Å²) < 4.78 is 1.27. The highest BCUT2D eigenvalue weighted by atomic mass is 16.2. The molecule has 0 aliphatic rings. The zero-order chi connectivity index (χ0) is 18.2. The van der Waals surface area contributed by atoms with E-state index in [-0.39, 0.29) is 36.9 Å². The lowest BCUT2D eigenvalue weighted by Crippen LogP contribution is -2.35. The van der Waals surface area contributed by atoms with Crippen LogP contribution in [0.15, 0.2) is 35.4 Å². The Hall–Kier alpha value is -2.70. The molecule has 0 saturated carbocycles. The van der Waals surface area contributed by atoms with Gasteiger partial charge in [0.1, 0.15) is 6.54 Å². The minimum Gasteiger partial charge on any atom is -0.354 e. The second kappa shape index (κ2) is 8.96. The van der Waals surface area contributed by atoms with Gasteiger partial charge in [0.15, 0.2) is 0 Å². The van der Waals surface area contributed by atoms with Crippen molar-refractivity contribution in [2.75, 3.05) is 20.1 Å². The van der Waals surface area contributed by atoms with Crippen molar-refractivity contribution in [1.29, 1.82) is 0 Å². The van der Waals surface area contributed by atoms with Gasteiger partial charge in [-0.3, -0.25) is 19.0 Å². The Balaban J connectivity index is 1.86. The monoisotopic (exact) mass is 344 g/mol. The summed E-state index contributed by atoms with van der Waals surface area (Å²) in [4.78, 5) is 42.1. The van der Waals surface area contributed by atoms with Crippen molar-refractivity contribution in [3.8, 4) is 0 Å². The van der Waals surface area contributed by atoms with Crippen LogP contribution in [0.4, 0.5) is 0 Å². The van der Waals surface area contributed by atoms with Crippen LogP contribution in [0.25, 0.3) is 10.9 Å². The van der Waals surface area contributed by atoms with Gasteiger partial charge in [-0.2, -0.15) is 0 Å². The lowest BCUT2D eigenvalue weighted by atomic mass is 10.2. The molecule has 134 valence electrons. The van der Waals surface area contributed by atoms with E-state index >= 15 is 0 Å². The second-order valence-electron chi connectivity index (χ2n) is 5.96. The van der Waals surface area contributed by atoms with E-state index in [0.29, 0.717) is 10.9 Å². The number of nitrogens with one attached hydrogen (secondary N) is 1. The first-order chi connectivity index (χ1) is 12.0. The summed E-state index contributed by atoms with van der Waals surface area (Å²) in [7, 11) is 1.76. The van der Waals surface area contributed by atoms with Gasteiger partial charge in [0.25, 0.3) is 5.56 Å². The number of hydrogen-bond acceptors (Lipinski definition) is 4. The summed E-state index contributed by atoms with van der Waals surface area (Å²) in [6.45, 7) is 2.93. The molecule has 0 bridgehead atoms. The van der Waals surface area contributed by atoms with Crippen molar-refractivity contribution < 1.29 is 9.59 Å². The Labute approximate surface area is 146 Å². The smallest absolute Gasteiger partial charge is 0.261 e. The van der Waals surface area contributed by atoms with Crippen LogP contribution in [0.2, 0.25) is 0 Å². The van der Waals surface area contributed by atoms with Crippen molar-refractivity contribution in [2.45, 2.75) is 32.7 Å². The van der Waals surface area contributed by atoms with Crippen LogP contribution in [-0.4, -0.2) is 46.4 Å². The number of carbonyl (C=O) groups is 2. The average Bonchev–Trinajstić information content (AvgIpc) is 2.62. The van der Waals surface area contributed by atoms with Crippen molar-refractivity contribution >= 4 is 22.7 Å². The first-order valence-electron chi connectivity index (χ1n) is 8.47. The summed E-state index contributed by atoms with van der Waals surface area (Å²) in [6, 6.07) is 7.00. The molecular weight excluding hydrogens is 320 g/mol. The molecule has 0 radical (unpaired) electrons. The third-order valence-electron chi connectivity index (χ3n) is 3.98. The molecule has 1 aromatic carbocycles. The Morgan fingerprint density at radius 2 is 2.04 bits per heavy atom. The van der Waals surface area contributed by atoms with Crippen LogP contribution in [0.5, 0.6) is 0 Å². The Morgan fingerprint density at radius 3 is 2.80 bits per heavy atom. The summed E-state index contributed by atoms with van der Waals surface area (Å²) in [6.07, 6.45) is 3.61. The van der Waals surface area contributed by atoms with E-state index in [2.05, 4.69) is 17.2 Å². The maximum atomic E-state index is 12.3. The minimum absolute atomic E-state index is 0.00158. The van der Waals surface area contributed by atoms with Crippen LogP contribution in [-0.2, 0) is 16.1 Å². The van der Waals surface area contributed by atoms with E-state index in [1.54, 1.807) is 36.2 Å². The number of benzene rings is 1. The van der Waals surface area contributed by atoms with Gasteiger partial charge in [0.2, 0.25) is 11.8 Å². The van der Waals surface area contributed by atoms with Gasteiger partial charge < -0.3 is 10.2 Å². The van der Waals surface area contributed by atoms with Crippen molar-refractivity contribution in [3.05, 3.63) is 40.9 Å². The number of nitrogens with zero attached hydrogens (tertiary/aromatic N) is 3. The van der Waals surface area contributed by atoms with Gasteiger partial charge in [0.05, 0.1) is 17.2 Å². The van der Waals surface area contributed by atoms with Crippen molar-refractivity contribution in [3.63, 3.8) is 0 Å². The Bertz CT molecular complexity index is 800. The normalized spacial score (nSPS) is 10.6. The fourth-order valence-electron chi connectivity index (χ4n) is 2.45. The topological polar surface area (TPSA) is 84.3 Å². The van der Waals surface area contributed by atoms with Gasteiger partial charge in [-0.25, -0.2) is 4.98 Å². The fraction of sp³-hybridized carbons (Fsp3) is 0.444. The van der Waals surface area contributed by atoms with Gasteiger partial charge in [-0.15, -0.1) is 0 Å². The molecule has 0 atom stereocenters. The van der Waals surface area contributed by atoms with Crippen LogP contribution in [0.1, 0.15) is 26.2 Å². The van der Waals surface area contributed by atoms with E-state index < -0.39 is 0 Å². The molecule has 7 nitrogen and oxygen atoms in total. The number of amides is 2. The molecular formula is C18H24N4O3. The van der Waals surface area contributed by atoms with Crippen molar-refractivity contribution in [2.24, 2.45) is 0 Å². The molecule has 2 rings (SSSR count). The van der Waals surface area contributed by atoms with E-state index in [9.17, 15) is 14.4 Å². The highest BCUT2D eigenvalue weighted by Gasteiger charge is 2.10. The standard InChI is InChI=1S/C18H24N4O3/c1-3-4-11-21(2)17(24)9-10-19-16(23)12-22-13-20-15-8-6-5-7-14(15)18(22)25/h5-8,13H,3-4,9-12H2,1-2H3,(H,19,23). The molecule has 7 heteroatoms. The third kappa shape index (κ3) is 5.14. The molecule has 1 aromatic heterocycles. The molecule has 0 aliphatic carbocycles. The number of rotatable bonds is 8. The molecule has 2 amide bonds.